The first-order valence-electron chi connectivity index (χ1n) is 8.26. The average molecular weight is 393 g/mol. The van der Waals surface area contributed by atoms with Gasteiger partial charge >= 0.3 is 0 Å². The second-order valence-corrected chi connectivity index (χ2v) is 6.85. The molecular weight excluding hydrogens is 375 g/mol. The van der Waals surface area contributed by atoms with Crippen LogP contribution in [0.5, 0.6) is 5.75 Å². The van der Waals surface area contributed by atoms with Crippen LogP contribution < -0.4 is 15.0 Å². The number of carbonyl (C=O) groups excluding carboxylic acids is 2. The number of halogens is 2. The molecule has 1 atom stereocenters. The number of hydrogen-bond acceptors (Lipinski definition) is 3. The first-order valence-corrected chi connectivity index (χ1v) is 9.02. The van der Waals surface area contributed by atoms with Gasteiger partial charge in [-0.25, -0.2) is 0 Å². The van der Waals surface area contributed by atoms with Crippen LogP contribution >= 0.6 is 23.2 Å². The van der Waals surface area contributed by atoms with Crippen LogP contribution in [0.4, 0.5) is 11.4 Å². The van der Waals surface area contributed by atoms with Crippen molar-refractivity contribution in [3.63, 3.8) is 0 Å². The van der Waals surface area contributed by atoms with Gasteiger partial charge in [-0.1, -0.05) is 23.2 Å². The number of rotatable bonds is 5. The molecule has 2 amide bonds. The Morgan fingerprint density at radius 1 is 1.19 bits per heavy atom. The quantitative estimate of drug-likeness (QED) is 0.820. The molecule has 0 bridgehead atoms. The summed E-state index contributed by atoms with van der Waals surface area (Å²) in [7, 11) is 0. The largest absolute Gasteiger partial charge is 0.494 e. The highest BCUT2D eigenvalue weighted by molar-refractivity contribution is 6.35. The van der Waals surface area contributed by atoms with Gasteiger partial charge in [0, 0.05) is 34.4 Å². The van der Waals surface area contributed by atoms with Gasteiger partial charge in [-0.05, 0) is 49.4 Å². The number of benzene rings is 2. The molecule has 0 radical (unpaired) electrons. The number of nitrogens with one attached hydrogen (secondary N) is 1. The summed E-state index contributed by atoms with van der Waals surface area (Å²) in [4.78, 5) is 26.5. The second kappa shape index (κ2) is 7.98. The minimum atomic E-state index is -0.438. The van der Waals surface area contributed by atoms with E-state index in [2.05, 4.69) is 5.32 Å². The molecule has 1 saturated heterocycles. The van der Waals surface area contributed by atoms with E-state index >= 15 is 0 Å². The van der Waals surface area contributed by atoms with Gasteiger partial charge in [0.2, 0.25) is 11.8 Å². The third-order valence-corrected chi connectivity index (χ3v) is 4.52. The zero-order chi connectivity index (χ0) is 18.7. The molecule has 136 valence electrons. The number of carbonyl (C=O) groups is 2. The molecule has 7 heteroatoms. The van der Waals surface area contributed by atoms with Crippen molar-refractivity contribution in [3.8, 4) is 5.75 Å². The summed E-state index contributed by atoms with van der Waals surface area (Å²) >= 11 is 11.9. The van der Waals surface area contributed by atoms with Crippen molar-refractivity contribution in [1.29, 1.82) is 0 Å². The zero-order valence-electron chi connectivity index (χ0n) is 14.2. The van der Waals surface area contributed by atoms with Gasteiger partial charge in [0.1, 0.15) is 5.75 Å². The maximum atomic E-state index is 12.5. The van der Waals surface area contributed by atoms with Crippen molar-refractivity contribution in [3.05, 3.63) is 52.5 Å². The van der Waals surface area contributed by atoms with E-state index in [1.165, 1.54) is 0 Å². The zero-order valence-corrected chi connectivity index (χ0v) is 15.7. The summed E-state index contributed by atoms with van der Waals surface area (Å²) in [5.74, 6) is -0.00888. The maximum absolute atomic E-state index is 12.5. The molecule has 0 spiro atoms. The van der Waals surface area contributed by atoms with Crippen molar-refractivity contribution in [2.75, 3.05) is 23.4 Å². The van der Waals surface area contributed by atoms with Crippen LogP contribution in [0.2, 0.25) is 10.0 Å². The molecule has 1 aliphatic rings. The standard InChI is InChI=1S/C19H18Cl2N2O3/c1-2-26-17-5-3-16(4-6-17)23-11-12(7-18(23)24)19(25)22-15-9-13(20)8-14(21)10-15/h3-6,8-10,12H,2,7,11H2,1H3,(H,22,25)/t12-/m1/s1. The van der Waals surface area contributed by atoms with Crippen LogP contribution in [0.3, 0.4) is 0 Å². The third-order valence-electron chi connectivity index (χ3n) is 4.09. The topological polar surface area (TPSA) is 58.6 Å². The summed E-state index contributed by atoms with van der Waals surface area (Å²) < 4.78 is 5.41. The van der Waals surface area contributed by atoms with E-state index in [-0.39, 0.29) is 18.2 Å². The van der Waals surface area contributed by atoms with E-state index in [4.69, 9.17) is 27.9 Å². The highest BCUT2D eigenvalue weighted by Gasteiger charge is 2.35. The van der Waals surface area contributed by atoms with E-state index in [0.717, 1.165) is 11.4 Å². The molecule has 5 nitrogen and oxygen atoms in total. The Labute approximate surface area is 161 Å². The molecule has 1 aliphatic heterocycles. The molecule has 2 aromatic carbocycles. The highest BCUT2D eigenvalue weighted by Crippen LogP contribution is 2.28. The van der Waals surface area contributed by atoms with Gasteiger partial charge in [0.05, 0.1) is 12.5 Å². The predicted molar refractivity (Wildman–Crippen MR) is 103 cm³/mol. The van der Waals surface area contributed by atoms with E-state index in [1.54, 1.807) is 23.1 Å². The Bertz CT molecular complexity index is 804. The fourth-order valence-corrected chi connectivity index (χ4v) is 3.42. The van der Waals surface area contributed by atoms with Crippen molar-refractivity contribution in [1.82, 2.24) is 0 Å². The van der Waals surface area contributed by atoms with E-state index in [1.807, 2.05) is 31.2 Å². The number of amides is 2. The fraction of sp³-hybridized carbons (Fsp3) is 0.263. The van der Waals surface area contributed by atoms with Crippen molar-refractivity contribution < 1.29 is 14.3 Å². The lowest BCUT2D eigenvalue weighted by molar-refractivity contribution is -0.122. The van der Waals surface area contributed by atoms with Crippen LogP contribution in [-0.4, -0.2) is 25.0 Å². The third kappa shape index (κ3) is 4.29. The Kier molecular flexibility index (Phi) is 5.69. The normalized spacial score (nSPS) is 16.7. The predicted octanol–water partition coefficient (Wildman–Crippen LogP) is 4.38. The molecule has 26 heavy (non-hydrogen) atoms. The molecule has 2 aromatic rings. The Hall–Kier alpha value is -2.24. The molecule has 0 aromatic heterocycles. The number of anilines is 2. The van der Waals surface area contributed by atoms with E-state index in [9.17, 15) is 9.59 Å². The van der Waals surface area contributed by atoms with Gasteiger partial charge < -0.3 is 15.0 Å². The molecule has 0 saturated carbocycles. The lowest BCUT2D eigenvalue weighted by atomic mass is 10.1. The summed E-state index contributed by atoms with van der Waals surface area (Å²) in [6.45, 7) is 2.82. The maximum Gasteiger partial charge on any atom is 0.229 e. The molecular formula is C19H18Cl2N2O3. The lowest BCUT2D eigenvalue weighted by Crippen LogP contribution is -2.28. The van der Waals surface area contributed by atoms with Gasteiger partial charge in [-0.15, -0.1) is 0 Å². The van der Waals surface area contributed by atoms with Crippen LogP contribution in [0, 0.1) is 5.92 Å². The van der Waals surface area contributed by atoms with Crippen molar-refractivity contribution in [2.45, 2.75) is 13.3 Å². The van der Waals surface area contributed by atoms with Crippen LogP contribution in [0.25, 0.3) is 0 Å². The average Bonchev–Trinajstić information content (AvgIpc) is 2.97. The van der Waals surface area contributed by atoms with Gasteiger partial charge in [0.25, 0.3) is 0 Å². The SMILES string of the molecule is CCOc1ccc(N2C[C@H](C(=O)Nc3cc(Cl)cc(Cl)c3)CC2=O)cc1. The van der Waals surface area contributed by atoms with Crippen LogP contribution in [0.1, 0.15) is 13.3 Å². The molecule has 1 heterocycles. The summed E-state index contributed by atoms with van der Waals surface area (Å²) in [5.41, 5.74) is 1.26. The first-order chi connectivity index (χ1) is 12.5. The monoisotopic (exact) mass is 392 g/mol. The van der Waals surface area contributed by atoms with E-state index in [0.29, 0.717) is 28.9 Å². The van der Waals surface area contributed by atoms with E-state index < -0.39 is 5.92 Å². The highest BCUT2D eigenvalue weighted by atomic mass is 35.5. The molecule has 3 rings (SSSR count). The number of hydrogen-bond donors (Lipinski definition) is 1. The smallest absolute Gasteiger partial charge is 0.229 e. The van der Waals surface area contributed by atoms with Gasteiger partial charge in [0.15, 0.2) is 0 Å². The van der Waals surface area contributed by atoms with Gasteiger partial charge in [-0.3, -0.25) is 9.59 Å². The minimum Gasteiger partial charge on any atom is -0.494 e. The number of nitrogens with zero attached hydrogens (tertiary/aromatic N) is 1. The van der Waals surface area contributed by atoms with Crippen LogP contribution in [0.15, 0.2) is 42.5 Å². The molecule has 0 unspecified atom stereocenters. The molecule has 1 fully saturated rings. The Morgan fingerprint density at radius 2 is 1.85 bits per heavy atom. The number of ether oxygens (including phenoxy) is 1. The second-order valence-electron chi connectivity index (χ2n) is 5.98. The molecule has 1 N–H and O–H groups in total. The minimum absolute atomic E-state index is 0.0848. The summed E-state index contributed by atoms with van der Waals surface area (Å²) in [5, 5.41) is 3.65. The summed E-state index contributed by atoms with van der Waals surface area (Å²) in [6, 6.07) is 12.1. The van der Waals surface area contributed by atoms with Gasteiger partial charge in [-0.2, -0.15) is 0 Å². The van der Waals surface area contributed by atoms with Crippen LogP contribution in [-0.2, 0) is 9.59 Å². The lowest BCUT2D eigenvalue weighted by Gasteiger charge is -2.17. The van der Waals surface area contributed by atoms with Crippen molar-refractivity contribution >= 4 is 46.4 Å². The Balaban J connectivity index is 1.67. The fourth-order valence-electron chi connectivity index (χ4n) is 2.89. The summed E-state index contributed by atoms with van der Waals surface area (Å²) in [6.07, 6.45) is 0.160. The first kappa shape index (κ1) is 18.5. The molecule has 0 aliphatic carbocycles. The van der Waals surface area contributed by atoms with Crippen molar-refractivity contribution in [2.24, 2.45) is 5.92 Å². The Morgan fingerprint density at radius 3 is 2.46 bits per heavy atom.